The van der Waals surface area contributed by atoms with Gasteiger partial charge in [0.1, 0.15) is 0 Å². The summed E-state index contributed by atoms with van der Waals surface area (Å²) in [6, 6.07) is 3.69. The summed E-state index contributed by atoms with van der Waals surface area (Å²) < 4.78 is 10.6. The number of carboxylic acid groups (broad SMARTS) is 1. The van der Waals surface area contributed by atoms with Crippen molar-refractivity contribution < 1.29 is 19.4 Å². The first-order valence-electron chi connectivity index (χ1n) is 6.22. The molecule has 1 aliphatic heterocycles. The van der Waals surface area contributed by atoms with Gasteiger partial charge in [0.15, 0.2) is 0 Å². The number of methoxy groups -OCH3 is 1. The normalized spacial score (nSPS) is 20.2. The molecule has 2 heterocycles. The predicted octanol–water partition coefficient (Wildman–Crippen LogP) is 0.766. The maximum Gasteiger partial charge on any atom is 0.305 e. The minimum absolute atomic E-state index is 0.0859. The lowest BCUT2D eigenvalue weighted by Crippen LogP contribution is -2.45. The number of hydrogen-bond donors (Lipinski definition) is 1. The SMILES string of the molecule is COc1ncccc1CN1CCOCC1CC(=O)O. The Bertz CT molecular complexity index is 438. The van der Waals surface area contributed by atoms with E-state index in [1.54, 1.807) is 13.3 Å². The summed E-state index contributed by atoms with van der Waals surface area (Å²) in [7, 11) is 1.58. The Morgan fingerprint density at radius 3 is 3.26 bits per heavy atom. The van der Waals surface area contributed by atoms with Crippen molar-refractivity contribution in [1.82, 2.24) is 9.88 Å². The monoisotopic (exact) mass is 266 g/mol. The van der Waals surface area contributed by atoms with Gasteiger partial charge in [-0.1, -0.05) is 6.07 Å². The molecular weight excluding hydrogens is 248 g/mol. The molecule has 6 heteroatoms. The van der Waals surface area contributed by atoms with Gasteiger partial charge < -0.3 is 14.6 Å². The van der Waals surface area contributed by atoms with Gasteiger partial charge in [-0.25, -0.2) is 4.98 Å². The lowest BCUT2D eigenvalue weighted by molar-refractivity contribution is -0.140. The summed E-state index contributed by atoms with van der Waals surface area (Å²) in [6.07, 6.45) is 1.76. The number of carboxylic acids is 1. The van der Waals surface area contributed by atoms with Crippen molar-refractivity contribution in [3.63, 3.8) is 0 Å². The highest BCUT2D eigenvalue weighted by Gasteiger charge is 2.26. The molecular formula is C13H18N2O4. The van der Waals surface area contributed by atoms with Crippen molar-refractivity contribution >= 4 is 5.97 Å². The number of ether oxygens (including phenoxy) is 2. The zero-order valence-corrected chi connectivity index (χ0v) is 10.9. The van der Waals surface area contributed by atoms with Crippen LogP contribution in [0, 0.1) is 0 Å². The molecule has 1 aromatic rings. The lowest BCUT2D eigenvalue weighted by Gasteiger charge is -2.34. The molecule has 1 atom stereocenters. The summed E-state index contributed by atoms with van der Waals surface area (Å²) >= 11 is 0. The number of rotatable bonds is 5. The summed E-state index contributed by atoms with van der Waals surface area (Å²) in [5, 5.41) is 8.93. The molecule has 104 valence electrons. The summed E-state index contributed by atoms with van der Waals surface area (Å²) in [5.74, 6) is -0.221. The second-order valence-electron chi connectivity index (χ2n) is 4.47. The smallest absolute Gasteiger partial charge is 0.305 e. The molecule has 1 saturated heterocycles. The van der Waals surface area contributed by atoms with Gasteiger partial charge >= 0.3 is 5.97 Å². The first-order valence-corrected chi connectivity index (χ1v) is 6.22. The molecule has 1 unspecified atom stereocenters. The van der Waals surface area contributed by atoms with Crippen LogP contribution in [0.5, 0.6) is 5.88 Å². The number of pyridine rings is 1. The van der Waals surface area contributed by atoms with E-state index in [1.807, 2.05) is 12.1 Å². The van der Waals surface area contributed by atoms with Crippen LogP contribution >= 0.6 is 0 Å². The third-order valence-electron chi connectivity index (χ3n) is 3.18. The molecule has 0 aromatic carbocycles. The third-order valence-corrected chi connectivity index (χ3v) is 3.18. The van der Waals surface area contributed by atoms with E-state index >= 15 is 0 Å². The molecule has 1 N–H and O–H groups in total. The highest BCUT2D eigenvalue weighted by molar-refractivity contribution is 5.67. The lowest BCUT2D eigenvalue weighted by atomic mass is 10.1. The Labute approximate surface area is 112 Å². The number of nitrogens with zero attached hydrogens (tertiary/aromatic N) is 2. The Hall–Kier alpha value is -1.66. The molecule has 0 radical (unpaired) electrons. The number of morpholine rings is 1. The highest BCUT2D eigenvalue weighted by atomic mass is 16.5. The number of aromatic nitrogens is 1. The molecule has 0 spiro atoms. The molecule has 0 bridgehead atoms. The Balaban J connectivity index is 2.08. The van der Waals surface area contributed by atoms with Crippen molar-refractivity contribution in [3.8, 4) is 5.88 Å². The van der Waals surface area contributed by atoms with Crippen LogP contribution in [0.25, 0.3) is 0 Å². The molecule has 1 aromatic heterocycles. The van der Waals surface area contributed by atoms with Crippen LogP contribution in [0.15, 0.2) is 18.3 Å². The number of aliphatic carboxylic acids is 1. The average molecular weight is 266 g/mol. The quantitative estimate of drug-likeness (QED) is 0.848. The molecule has 1 fully saturated rings. The number of carbonyl (C=O) groups is 1. The average Bonchev–Trinajstić information content (AvgIpc) is 2.41. The summed E-state index contributed by atoms with van der Waals surface area (Å²) in [4.78, 5) is 17.1. The third kappa shape index (κ3) is 3.65. The fraction of sp³-hybridized carbons (Fsp3) is 0.538. The first-order chi connectivity index (χ1) is 9.20. The van der Waals surface area contributed by atoms with Gasteiger partial charge in [0.2, 0.25) is 5.88 Å². The van der Waals surface area contributed by atoms with Gasteiger partial charge in [-0.15, -0.1) is 0 Å². The summed E-state index contributed by atoms with van der Waals surface area (Å²) in [6.45, 7) is 2.42. The minimum Gasteiger partial charge on any atom is -0.481 e. The Kier molecular flexibility index (Phi) is 4.70. The van der Waals surface area contributed by atoms with E-state index in [-0.39, 0.29) is 12.5 Å². The molecule has 2 rings (SSSR count). The van der Waals surface area contributed by atoms with Gasteiger partial charge in [-0.05, 0) is 6.07 Å². The van der Waals surface area contributed by atoms with Crippen molar-refractivity contribution in [3.05, 3.63) is 23.9 Å². The predicted molar refractivity (Wildman–Crippen MR) is 68.1 cm³/mol. The molecule has 0 amide bonds. The van der Waals surface area contributed by atoms with Crippen LogP contribution in [0.4, 0.5) is 0 Å². The van der Waals surface area contributed by atoms with Crippen molar-refractivity contribution in [1.29, 1.82) is 0 Å². The second kappa shape index (κ2) is 6.49. The fourth-order valence-corrected chi connectivity index (χ4v) is 2.23. The van der Waals surface area contributed by atoms with Gasteiger partial charge in [0.05, 0.1) is 26.7 Å². The van der Waals surface area contributed by atoms with Crippen LogP contribution in [-0.4, -0.2) is 53.9 Å². The van der Waals surface area contributed by atoms with E-state index in [0.717, 1.165) is 12.1 Å². The minimum atomic E-state index is -0.807. The largest absolute Gasteiger partial charge is 0.481 e. The van der Waals surface area contributed by atoms with Crippen LogP contribution in [0.1, 0.15) is 12.0 Å². The van der Waals surface area contributed by atoms with Crippen LogP contribution in [0.3, 0.4) is 0 Å². The Morgan fingerprint density at radius 1 is 1.68 bits per heavy atom. The topological polar surface area (TPSA) is 71.9 Å². The zero-order chi connectivity index (χ0) is 13.7. The molecule has 0 aliphatic carbocycles. The highest BCUT2D eigenvalue weighted by Crippen LogP contribution is 2.20. The Morgan fingerprint density at radius 2 is 2.53 bits per heavy atom. The van der Waals surface area contributed by atoms with Gasteiger partial charge in [-0.3, -0.25) is 9.69 Å². The van der Waals surface area contributed by atoms with Crippen LogP contribution in [-0.2, 0) is 16.1 Å². The maximum atomic E-state index is 10.9. The van der Waals surface area contributed by atoms with Gasteiger partial charge in [0.25, 0.3) is 0 Å². The first kappa shape index (κ1) is 13.8. The molecule has 0 saturated carbocycles. The molecule has 6 nitrogen and oxygen atoms in total. The summed E-state index contributed by atoms with van der Waals surface area (Å²) in [5.41, 5.74) is 0.960. The van der Waals surface area contributed by atoms with E-state index in [2.05, 4.69) is 9.88 Å². The fourth-order valence-electron chi connectivity index (χ4n) is 2.23. The van der Waals surface area contributed by atoms with Crippen LogP contribution in [0.2, 0.25) is 0 Å². The molecule has 1 aliphatic rings. The molecule has 19 heavy (non-hydrogen) atoms. The zero-order valence-electron chi connectivity index (χ0n) is 10.9. The van der Waals surface area contributed by atoms with Gasteiger partial charge in [-0.2, -0.15) is 0 Å². The van der Waals surface area contributed by atoms with E-state index in [9.17, 15) is 4.79 Å². The second-order valence-corrected chi connectivity index (χ2v) is 4.47. The standard InChI is InChI=1S/C13H18N2O4/c1-18-13-10(3-2-4-14-13)8-15-5-6-19-9-11(15)7-12(16)17/h2-4,11H,5-9H2,1H3,(H,16,17). The van der Waals surface area contributed by atoms with Crippen LogP contribution < -0.4 is 4.74 Å². The van der Waals surface area contributed by atoms with Gasteiger partial charge in [0, 0.05) is 30.9 Å². The van der Waals surface area contributed by atoms with Crippen molar-refractivity contribution in [2.45, 2.75) is 19.0 Å². The maximum absolute atomic E-state index is 10.9. The van der Waals surface area contributed by atoms with Crippen molar-refractivity contribution in [2.75, 3.05) is 26.9 Å². The van der Waals surface area contributed by atoms with E-state index < -0.39 is 5.97 Å². The van der Waals surface area contributed by atoms with Crippen molar-refractivity contribution in [2.24, 2.45) is 0 Å². The van der Waals surface area contributed by atoms with E-state index in [1.165, 1.54) is 0 Å². The van der Waals surface area contributed by atoms with E-state index in [4.69, 9.17) is 14.6 Å². The number of hydrogen-bond acceptors (Lipinski definition) is 5. The van der Waals surface area contributed by atoms with E-state index in [0.29, 0.717) is 25.6 Å².